The van der Waals surface area contributed by atoms with Crippen LogP contribution in [0, 0.1) is 0 Å². The van der Waals surface area contributed by atoms with Crippen LogP contribution in [0.1, 0.15) is 11.1 Å². The van der Waals surface area contributed by atoms with Crippen LogP contribution in [-0.2, 0) is 4.74 Å². The van der Waals surface area contributed by atoms with Crippen molar-refractivity contribution < 1.29 is 9.53 Å². The molecule has 0 bridgehead atoms. The Labute approximate surface area is 128 Å². The van der Waals surface area contributed by atoms with Gasteiger partial charge in [-0.05, 0) is 22.9 Å². The topological polar surface area (TPSA) is 26.3 Å². The zero-order valence-electron chi connectivity index (χ0n) is 10.9. The van der Waals surface area contributed by atoms with Gasteiger partial charge in [0.05, 0.1) is 7.11 Å². The number of methoxy groups -OCH3 is 1. The van der Waals surface area contributed by atoms with E-state index in [4.69, 9.17) is 4.74 Å². The quantitative estimate of drug-likeness (QED) is 0.494. The third-order valence-electron chi connectivity index (χ3n) is 2.65. The number of carbonyl (C=O) groups excluding carboxylic acids is 1. The van der Waals surface area contributed by atoms with E-state index in [0.717, 1.165) is 32.7 Å². The highest BCUT2D eigenvalue weighted by molar-refractivity contribution is 8.22. The van der Waals surface area contributed by atoms with Crippen LogP contribution >= 0.6 is 24.4 Å². The minimum atomic E-state index is -0.355. The number of ether oxygens (including phenoxy) is 1. The first kappa shape index (κ1) is 14.8. The summed E-state index contributed by atoms with van der Waals surface area (Å²) in [4.78, 5) is 13.1. The molecule has 0 radical (unpaired) electrons. The maximum absolute atomic E-state index is 11.6. The number of hydrogen-bond donors (Lipinski definition) is 1. The van der Waals surface area contributed by atoms with Gasteiger partial charge in [-0.2, -0.15) is 0 Å². The van der Waals surface area contributed by atoms with Crippen molar-refractivity contribution in [2.45, 2.75) is 0 Å². The molecule has 0 atom stereocenters. The summed E-state index contributed by atoms with van der Waals surface area (Å²) in [5.74, 6) is 0. The second kappa shape index (κ2) is 7.22. The normalized spacial score (nSPS) is 11.7. The maximum Gasteiger partial charge on any atom is 0.371 e. The summed E-state index contributed by atoms with van der Waals surface area (Å²) >= 11 is 5.63. The van der Waals surface area contributed by atoms with Gasteiger partial charge in [-0.3, -0.25) is 0 Å². The average Bonchev–Trinajstić information content (AvgIpc) is 2.53. The Morgan fingerprint density at radius 3 is 1.95 bits per heavy atom. The van der Waals surface area contributed by atoms with Gasteiger partial charge in [0.2, 0.25) is 0 Å². The number of carbonyl (C=O) groups is 1. The minimum Gasteiger partial charge on any atom is -0.461 e. The van der Waals surface area contributed by atoms with Gasteiger partial charge in [-0.15, -0.1) is 12.6 Å². The van der Waals surface area contributed by atoms with E-state index in [1.807, 2.05) is 60.7 Å². The fourth-order valence-electron chi connectivity index (χ4n) is 1.69. The third kappa shape index (κ3) is 3.68. The van der Waals surface area contributed by atoms with Crippen molar-refractivity contribution in [1.29, 1.82) is 0 Å². The summed E-state index contributed by atoms with van der Waals surface area (Å²) in [6, 6.07) is 19.4. The van der Waals surface area contributed by atoms with Crippen LogP contribution in [0.15, 0.2) is 60.7 Å². The first-order valence-corrected chi connectivity index (χ1v) is 7.28. The van der Waals surface area contributed by atoms with Crippen molar-refractivity contribution in [3.8, 4) is 0 Å². The predicted octanol–water partition coefficient (Wildman–Crippen LogP) is 4.94. The zero-order chi connectivity index (χ0) is 14.4. The molecule has 2 aromatic carbocycles. The van der Waals surface area contributed by atoms with E-state index >= 15 is 0 Å². The largest absolute Gasteiger partial charge is 0.461 e. The SMILES string of the molecule is COC(=O)S/C(=C(\S)c1ccccc1)c1ccccc1. The molecule has 0 aromatic heterocycles. The van der Waals surface area contributed by atoms with Crippen LogP contribution in [0.5, 0.6) is 0 Å². The van der Waals surface area contributed by atoms with Gasteiger partial charge in [0.1, 0.15) is 0 Å². The Morgan fingerprint density at radius 1 is 0.950 bits per heavy atom. The van der Waals surface area contributed by atoms with Crippen LogP contribution < -0.4 is 0 Å². The first-order valence-electron chi connectivity index (χ1n) is 6.02. The van der Waals surface area contributed by atoms with E-state index in [0.29, 0.717) is 0 Å². The van der Waals surface area contributed by atoms with Crippen LogP contribution in [0.3, 0.4) is 0 Å². The summed E-state index contributed by atoms with van der Waals surface area (Å²) in [5.41, 5.74) is 1.91. The molecule has 0 unspecified atom stereocenters. The minimum absolute atomic E-state index is 0.355. The summed E-state index contributed by atoms with van der Waals surface area (Å²) in [6.07, 6.45) is 0. The summed E-state index contributed by atoms with van der Waals surface area (Å²) < 4.78 is 4.74. The smallest absolute Gasteiger partial charge is 0.371 e. The highest BCUT2D eigenvalue weighted by Gasteiger charge is 2.14. The summed E-state index contributed by atoms with van der Waals surface area (Å²) in [5, 5.41) is -0.355. The lowest BCUT2D eigenvalue weighted by Gasteiger charge is -2.10. The van der Waals surface area contributed by atoms with E-state index in [9.17, 15) is 4.79 Å². The lowest BCUT2D eigenvalue weighted by molar-refractivity contribution is 0.200. The third-order valence-corrected chi connectivity index (χ3v) is 4.26. The predicted molar refractivity (Wildman–Crippen MR) is 88.7 cm³/mol. The lowest BCUT2D eigenvalue weighted by atomic mass is 10.1. The summed E-state index contributed by atoms with van der Waals surface area (Å²) in [6.45, 7) is 0. The lowest BCUT2D eigenvalue weighted by Crippen LogP contribution is -1.93. The molecule has 0 heterocycles. The fourth-order valence-corrected chi connectivity index (χ4v) is 2.82. The van der Waals surface area contributed by atoms with Gasteiger partial charge < -0.3 is 4.74 Å². The van der Waals surface area contributed by atoms with Crippen molar-refractivity contribution in [1.82, 2.24) is 0 Å². The molecule has 0 aliphatic carbocycles. The molecule has 0 saturated carbocycles. The first-order chi connectivity index (χ1) is 9.72. The molecule has 2 aromatic rings. The van der Waals surface area contributed by atoms with Crippen molar-refractivity contribution >= 4 is 39.5 Å². The highest BCUT2D eigenvalue weighted by atomic mass is 32.2. The van der Waals surface area contributed by atoms with Crippen LogP contribution in [0.2, 0.25) is 0 Å². The fraction of sp³-hybridized carbons (Fsp3) is 0.0625. The van der Waals surface area contributed by atoms with E-state index in [-0.39, 0.29) is 5.30 Å². The van der Waals surface area contributed by atoms with E-state index in [1.165, 1.54) is 7.11 Å². The molecule has 20 heavy (non-hydrogen) atoms. The Bertz CT molecular complexity index is 607. The zero-order valence-corrected chi connectivity index (χ0v) is 12.7. The molecule has 2 nitrogen and oxygen atoms in total. The maximum atomic E-state index is 11.6. The van der Waals surface area contributed by atoms with Crippen molar-refractivity contribution in [2.75, 3.05) is 7.11 Å². The van der Waals surface area contributed by atoms with Crippen LogP contribution in [0.25, 0.3) is 9.81 Å². The molecular formula is C16H14O2S2. The van der Waals surface area contributed by atoms with Gasteiger partial charge in [-0.25, -0.2) is 4.79 Å². The Hall–Kier alpha value is -1.65. The van der Waals surface area contributed by atoms with Crippen LogP contribution in [0.4, 0.5) is 4.79 Å². The van der Waals surface area contributed by atoms with Gasteiger partial charge in [0, 0.05) is 9.81 Å². The van der Waals surface area contributed by atoms with Gasteiger partial charge in [0.25, 0.3) is 0 Å². The Kier molecular flexibility index (Phi) is 5.32. The van der Waals surface area contributed by atoms with E-state index in [2.05, 4.69) is 12.6 Å². The molecule has 0 saturated heterocycles. The molecule has 0 amide bonds. The average molecular weight is 302 g/mol. The van der Waals surface area contributed by atoms with E-state index in [1.54, 1.807) is 0 Å². The number of hydrogen-bond acceptors (Lipinski definition) is 4. The van der Waals surface area contributed by atoms with Crippen molar-refractivity contribution in [2.24, 2.45) is 0 Å². The molecule has 0 spiro atoms. The molecular weight excluding hydrogens is 288 g/mol. The standard InChI is InChI=1S/C16H14O2S2/c1-18-16(17)20-15(13-10-6-3-7-11-13)14(19)12-8-4-2-5-9-12/h2-11,19H,1H3/b15-14-. The van der Waals surface area contributed by atoms with Crippen LogP contribution in [-0.4, -0.2) is 12.4 Å². The molecule has 0 aliphatic heterocycles. The molecule has 0 fully saturated rings. The Morgan fingerprint density at radius 2 is 1.45 bits per heavy atom. The van der Waals surface area contributed by atoms with Gasteiger partial charge in [0.15, 0.2) is 0 Å². The number of benzene rings is 2. The molecule has 0 aliphatic rings. The van der Waals surface area contributed by atoms with Gasteiger partial charge in [-0.1, -0.05) is 60.7 Å². The van der Waals surface area contributed by atoms with Crippen molar-refractivity contribution in [3.05, 3.63) is 71.8 Å². The number of thiol groups is 1. The monoisotopic (exact) mass is 302 g/mol. The molecule has 0 N–H and O–H groups in total. The number of thioether (sulfide) groups is 1. The second-order valence-electron chi connectivity index (χ2n) is 3.97. The van der Waals surface area contributed by atoms with Gasteiger partial charge >= 0.3 is 5.30 Å². The number of rotatable bonds is 3. The second-order valence-corrected chi connectivity index (χ2v) is 5.36. The van der Waals surface area contributed by atoms with Crippen molar-refractivity contribution in [3.63, 3.8) is 0 Å². The molecule has 4 heteroatoms. The molecule has 2 rings (SSSR count). The Balaban J connectivity index is 2.48. The highest BCUT2D eigenvalue weighted by Crippen LogP contribution is 2.38. The molecule has 102 valence electrons. The van der Waals surface area contributed by atoms with E-state index < -0.39 is 0 Å². The summed E-state index contributed by atoms with van der Waals surface area (Å²) in [7, 11) is 1.37.